The second kappa shape index (κ2) is 7.99. The van der Waals surface area contributed by atoms with Crippen molar-refractivity contribution in [3.63, 3.8) is 0 Å². The molecule has 12 heavy (non-hydrogen) atoms. The average molecular weight is 163 g/mol. The number of rotatable bonds is 4. The van der Waals surface area contributed by atoms with E-state index in [4.69, 9.17) is 0 Å². The van der Waals surface area contributed by atoms with Crippen LogP contribution in [0.1, 0.15) is 20.8 Å². The summed E-state index contributed by atoms with van der Waals surface area (Å²) in [5.41, 5.74) is 1.27. The molecule has 0 spiro atoms. The number of allylic oxidation sites excluding steroid dienone is 5. The fraction of sp³-hybridized carbons (Fsp3) is 0.364. The maximum absolute atomic E-state index is 4.20. The predicted octanol–water partition coefficient (Wildman–Crippen LogP) is 3.16. The Hall–Kier alpha value is -1.11. The van der Waals surface area contributed by atoms with Crippen LogP contribution in [0.15, 0.2) is 40.9 Å². The van der Waals surface area contributed by atoms with E-state index < -0.39 is 0 Å². The summed E-state index contributed by atoms with van der Waals surface area (Å²) in [4.78, 5) is 4.20. The topological polar surface area (TPSA) is 12.4 Å². The van der Waals surface area contributed by atoms with Crippen LogP contribution in [0.5, 0.6) is 0 Å². The number of nitrogens with zero attached hydrogens (tertiary/aromatic N) is 1. The molecule has 0 rings (SSSR count). The van der Waals surface area contributed by atoms with Crippen LogP contribution in [-0.2, 0) is 0 Å². The lowest BCUT2D eigenvalue weighted by Crippen LogP contribution is -1.81. The molecule has 0 aliphatic rings. The smallest absolute Gasteiger partial charge is 0.0599 e. The van der Waals surface area contributed by atoms with Crippen molar-refractivity contribution in [2.45, 2.75) is 20.8 Å². The molecule has 0 aromatic heterocycles. The first-order valence-electron chi connectivity index (χ1n) is 4.20. The Morgan fingerprint density at radius 3 is 2.42 bits per heavy atom. The molecule has 0 aromatic carbocycles. The molecule has 0 aliphatic heterocycles. The van der Waals surface area contributed by atoms with Crippen LogP contribution in [0.2, 0.25) is 0 Å². The highest BCUT2D eigenvalue weighted by molar-refractivity contribution is 5.70. The molecule has 0 N–H and O–H groups in total. The van der Waals surface area contributed by atoms with Crippen molar-refractivity contribution >= 4 is 6.21 Å². The third kappa shape index (κ3) is 7.00. The third-order valence-electron chi connectivity index (χ3n) is 1.30. The zero-order valence-corrected chi connectivity index (χ0v) is 8.12. The molecule has 0 fully saturated rings. The van der Waals surface area contributed by atoms with E-state index in [1.165, 1.54) is 5.57 Å². The molecular weight excluding hydrogens is 146 g/mol. The van der Waals surface area contributed by atoms with Crippen LogP contribution >= 0.6 is 0 Å². The van der Waals surface area contributed by atoms with Gasteiger partial charge >= 0.3 is 0 Å². The van der Waals surface area contributed by atoms with Crippen LogP contribution in [0.4, 0.5) is 0 Å². The van der Waals surface area contributed by atoms with Crippen LogP contribution in [0, 0.1) is 0 Å². The molecule has 0 aromatic rings. The standard InChI is InChI=1S/C11H17N/c1-4-6-8-11(3)10-12-9-7-5-2/h4-9H,10H2,1-3H3/b6-4-,7-5-,11-8+,12-9?. The van der Waals surface area contributed by atoms with Crippen molar-refractivity contribution in [1.29, 1.82) is 0 Å². The van der Waals surface area contributed by atoms with Gasteiger partial charge in [0, 0.05) is 6.21 Å². The van der Waals surface area contributed by atoms with Gasteiger partial charge in [-0.1, -0.05) is 29.9 Å². The summed E-state index contributed by atoms with van der Waals surface area (Å²) in [6, 6.07) is 0. The molecule has 0 saturated heterocycles. The van der Waals surface area contributed by atoms with Gasteiger partial charge in [0.05, 0.1) is 6.54 Å². The van der Waals surface area contributed by atoms with E-state index >= 15 is 0 Å². The average Bonchev–Trinajstić information content (AvgIpc) is 2.09. The lowest BCUT2D eigenvalue weighted by Gasteiger charge is -1.90. The van der Waals surface area contributed by atoms with Crippen LogP contribution in [0.3, 0.4) is 0 Å². The molecule has 0 saturated carbocycles. The molecule has 0 radical (unpaired) electrons. The first-order chi connectivity index (χ1) is 5.81. The number of hydrogen-bond donors (Lipinski definition) is 0. The van der Waals surface area contributed by atoms with Crippen molar-refractivity contribution in [3.8, 4) is 0 Å². The van der Waals surface area contributed by atoms with Crippen molar-refractivity contribution in [2.24, 2.45) is 4.99 Å². The minimum atomic E-state index is 0.786. The fourth-order valence-electron chi connectivity index (χ4n) is 0.657. The highest BCUT2D eigenvalue weighted by Crippen LogP contribution is 1.92. The monoisotopic (exact) mass is 163 g/mol. The highest BCUT2D eigenvalue weighted by Gasteiger charge is 1.80. The Balaban J connectivity index is 3.77. The summed E-state index contributed by atoms with van der Waals surface area (Å²) in [6.07, 6.45) is 11.8. The molecule has 0 heterocycles. The van der Waals surface area contributed by atoms with Crippen LogP contribution < -0.4 is 0 Å². The van der Waals surface area contributed by atoms with Crippen molar-refractivity contribution in [3.05, 3.63) is 36.0 Å². The molecular formula is C11H17N. The second-order valence-electron chi connectivity index (χ2n) is 2.55. The Bertz CT molecular complexity index is 207. The minimum absolute atomic E-state index is 0.786. The molecule has 0 bridgehead atoms. The minimum Gasteiger partial charge on any atom is -0.289 e. The van der Waals surface area contributed by atoms with E-state index in [2.05, 4.69) is 18.0 Å². The molecule has 0 atom stereocenters. The highest BCUT2D eigenvalue weighted by atomic mass is 14.7. The normalized spacial score (nSPS) is 14.1. The predicted molar refractivity (Wildman–Crippen MR) is 56.7 cm³/mol. The van der Waals surface area contributed by atoms with Crippen LogP contribution in [0.25, 0.3) is 0 Å². The molecule has 1 heteroatoms. The van der Waals surface area contributed by atoms with E-state index in [1.807, 2.05) is 44.4 Å². The zero-order chi connectivity index (χ0) is 9.23. The summed E-state index contributed by atoms with van der Waals surface area (Å²) in [5.74, 6) is 0. The van der Waals surface area contributed by atoms with Crippen molar-refractivity contribution < 1.29 is 0 Å². The van der Waals surface area contributed by atoms with E-state index in [-0.39, 0.29) is 0 Å². The van der Waals surface area contributed by atoms with Gasteiger partial charge in [-0.25, -0.2) is 0 Å². The number of aliphatic imine (C=N–C) groups is 1. The fourth-order valence-corrected chi connectivity index (χ4v) is 0.657. The lowest BCUT2D eigenvalue weighted by atomic mass is 10.3. The van der Waals surface area contributed by atoms with Gasteiger partial charge in [0.2, 0.25) is 0 Å². The van der Waals surface area contributed by atoms with Gasteiger partial charge in [-0.15, -0.1) is 0 Å². The van der Waals surface area contributed by atoms with Gasteiger partial charge in [-0.05, 0) is 26.8 Å². The van der Waals surface area contributed by atoms with Crippen molar-refractivity contribution in [1.82, 2.24) is 0 Å². The first kappa shape index (κ1) is 10.9. The summed E-state index contributed by atoms with van der Waals surface area (Å²) in [6.45, 7) is 6.85. The van der Waals surface area contributed by atoms with Crippen molar-refractivity contribution in [2.75, 3.05) is 6.54 Å². The van der Waals surface area contributed by atoms with Gasteiger partial charge < -0.3 is 0 Å². The molecule has 1 nitrogen and oxygen atoms in total. The Morgan fingerprint density at radius 1 is 1.17 bits per heavy atom. The summed E-state index contributed by atoms with van der Waals surface area (Å²) < 4.78 is 0. The maximum Gasteiger partial charge on any atom is 0.0599 e. The molecule has 0 amide bonds. The van der Waals surface area contributed by atoms with Gasteiger partial charge in [0.1, 0.15) is 0 Å². The van der Waals surface area contributed by atoms with Gasteiger partial charge in [0.25, 0.3) is 0 Å². The quantitative estimate of drug-likeness (QED) is 0.446. The SMILES string of the molecule is C/C=C\C=NC/C(C)=C/C=C\C. The maximum atomic E-state index is 4.20. The van der Waals surface area contributed by atoms with E-state index in [0.717, 1.165) is 6.54 Å². The van der Waals surface area contributed by atoms with Gasteiger partial charge in [0.15, 0.2) is 0 Å². The third-order valence-corrected chi connectivity index (χ3v) is 1.30. The van der Waals surface area contributed by atoms with E-state index in [9.17, 15) is 0 Å². The Morgan fingerprint density at radius 2 is 1.83 bits per heavy atom. The summed E-state index contributed by atoms with van der Waals surface area (Å²) in [5, 5.41) is 0. The molecule has 66 valence electrons. The Kier molecular flexibility index (Phi) is 7.25. The summed E-state index contributed by atoms with van der Waals surface area (Å²) in [7, 11) is 0. The largest absolute Gasteiger partial charge is 0.289 e. The first-order valence-corrected chi connectivity index (χ1v) is 4.20. The second-order valence-corrected chi connectivity index (χ2v) is 2.55. The van der Waals surface area contributed by atoms with Gasteiger partial charge in [-0.2, -0.15) is 0 Å². The summed E-state index contributed by atoms with van der Waals surface area (Å²) >= 11 is 0. The van der Waals surface area contributed by atoms with Gasteiger partial charge in [-0.3, -0.25) is 4.99 Å². The lowest BCUT2D eigenvalue weighted by molar-refractivity contribution is 1.14. The number of hydrogen-bond acceptors (Lipinski definition) is 1. The molecule has 0 unspecified atom stereocenters. The van der Waals surface area contributed by atoms with E-state index in [1.54, 1.807) is 0 Å². The van der Waals surface area contributed by atoms with Crippen LogP contribution in [-0.4, -0.2) is 12.8 Å². The zero-order valence-electron chi connectivity index (χ0n) is 8.12. The molecule has 0 aliphatic carbocycles. The Labute approximate surface area is 75.2 Å². The van der Waals surface area contributed by atoms with E-state index in [0.29, 0.717) is 0 Å².